The van der Waals surface area contributed by atoms with Crippen LogP contribution in [-0.2, 0) is 26.2 Å². The van der Waals surface area contributed by atoms with Crippen LogP contribution in [0.4, 0.5) is 0 Å². The van der Waals surface area contributed by atoms with Gasteiger partial charge in [-0.25, -0.2) is 0 Å². The average molecular weight is 201 g/mol. The molecule has 0 aliphatic rings. The molecule has 0 amide bonds. The van der Waals surface area contributed by atoms with Crippen LogP contribution in [0.2, 0.25) is 0 Å². The van der Waals surface area contributed by atoms with Crippen molar-refractivity contribution >= 4 is 8.25 Å². The van der Waals surface area contributed by atoms with Crippen LogP contribution >= 0.6 is 8.25 Å². The van der Waals surface area contributed by atoms with Crippen molar-refractivity contribution in [3.05, 3.63) is 0 Å². The summed E-state index contributed by atoms with van der Waals surface area (Å²) in [6.07, 6.45) is 0. The molecule has 0 aromatic heterocycles. The summed E-state index contributed by atoms with van der Waals surface area (Å²) in [5.41, 5.74) is 0. The first-order chi connectivity index (χ1) is 3.63. The molecule has 1 unspecified atom stereocenters. The first-order valence-corrected chi connectivity index (χ1v) is 3.69. The Bertz CT molecular complexity index is 85.9. The van der Waals surface area contributed by atoms with Gasteiger partial charge in [0, 0.05) is 0 Å². The molecule has 0 aromatic rings. The standard InChI is InChI=1S/C4H11O3P.Cu/c1-4(2)3-7-8(5)6;/h4,8H,3H2,1-2H3,(H,5,6);/q;+1/p-1. The van der Waals surface area contributed by atoms with E-state index in [0.29, 0.717) is 6.61 Å². The molecule has 0 heterocycles. The molecule has 9 heavy (non-hydrogen) atoms. The number of rotatable bonds is 3. The van der Waals surface area contributed by atoms with Crippen LogP contribution in [0, 0.1) is 5.92 Å². The summed E-state index contributed by atoms with van der Waals surface area (Å²) < 4.78 is 14.0. The van der Waals surface area contributed by atoms with E-state index < -0.39 is 8.25 Å². The molecule has 0 rings (SSSR count). The Labute approximate surface area is 66.2 Å². The van der Waals surface area contributed by atoms with Crippen LogP contribution in [-0.4, -0.2) is 6.61 Å². The monoisotopic (exact) mass is 200 g/mol. The van der Waals surface area contributed by atoms with E-state index in [1.54, 1.807) is 0 Å². The van der Waals surface area contributed by atoms with Gasteiger partial charge in [-0.15, -0.1) is 0 Å². The fourth-order valence-electron chi connectivity index (χ4n) is 0.235. The molecule has 0 N–H and O–H groups in total. The fourth-order valence-corrected chi connectivity index (χ4v) is 0.704. The van der Waals surface area contributed by atoms with Gasteiger partial charge in [-0.2, -0.15) is 0 Å². The van der Waals surface area contributed by atoms with Gasteiger partial charge in [-0.05, 0) is 5.92 Å². The van der Waals surface area contributed by atoms with Crippen LogP contribution in [0.5, 0.6) is 0 Å². The zero-order valence-electron chi connectivity index (χ0n) is 5.31. The average Bonchev–Trinajstić information content (AvgIpc) is 1.61. The molecule has 0 aliphatic carbocycles. The Morgan fingerprint density at radius 3 is 2.22 bits per heavy atom. The van der Waals surface area contributed by atoms with E-state index in [-0.39, 0.29) is 23.0 Å². The summed E-state index contributed by atoms with van der Waals surface area (Å²) in [6.45, 7) is 4.09. The third-order valence-electron chi connectivity index (χ3n) is 0.535. The van der Waals surface area contributed by atoms with Crippen LogP contribution in [0.1, 0.15) is 13.8 Å². The van der Waals surface area contributed by atoms with Crippen molar-refractivity contribution in [3.63, 3.8) is 0 Å². The molecule has 1 atom stereocenters. The summed E-state index contributed by atoms with van der Waals surface area (Å²) >= 11 is 0. The predicted molar refractivity (Wildman–Crippen MR) is 29.8 cm³/mol. The van der Waals surface area contributed by atoms with Crippen LogP contribution < -0.4 is 4.89 Å². The Morgan fingerprint density at radius 1 is 1.67 bits per heavy atom. The molecule has 0 spiro atoms. The van der Waals surface area contributed by atoms with Crippen LogP contribution in [0.3, 0.4) is 0 Å². The van der Waals surface area contributed by atoms with E-state index in [4.69, 9.17) is 0 Å². The first-order valence-electron chi connectivity index (χ1n) is 2.46. The topological polar surface area (TPSA) is 49.4 Å². The van der Waals surface area contributed by atoms with Crippen molar-refractivity contribution in [1.82, 2.24) is 0 Å². The minimum atomic E-state index is -2.93. The van der Waals surface area contributed by atoms with Gasteiger partial charge in [0.15, 0.2) is 0 Å². The van der Waals surface area contributed by atoms with Crippen molar-refractivity contribution in [2.45, 2.75) is 13.8 Å². The Morgan fingerprint density at radius 2 is 2.11 bits per heavy atom. The van der Waals surface area contributed by atoms with Crippen LogP contribution in [0.25, 0.3) is 0 Å². The van der Waals surface area contributed by atoms with Crippen molar-refractivity contribution in [1.29, 1.82) is 0 Å². The molecule has 0 aliphatic heterocycles. The molecular weight excluding hydrogens is 191 g/mol. The third-order valence-corrected chi connectivity index (χ3v) is 0.937. The van der Waals surface area contributed by atoms with E-state index in [9.17, 15) is 9.46 Å². The molecule has 5 heteroatoms. The zero-order chi connectivity index (χ0) is 6.57. The maximum absolute atomic E-state index is 9.76. The molecule has 0 radical (unpaired) electrons. The maximum Gasteiger partial charge on any atom is 1.00 e. The first kappa shape index (κ1) is 12.4. The smallest absolute Gasteiger partial charge is 0.781 e. The molecule has 0 bridgehead atoms. The fraction of sp³-hybridized carbons (Fsp3) is 1.00. The molecule has 0 saturated carbocycles. The van der Waals surface area contributed by atoms with Gasteiger partial charge < -0.3 is 14.0 Å². The zero-order valence-corrected chi connectivity index (χ0v) is 7.25. The molecule has 3 nitrogen and oxygen atoms in total. The second kappa shape index (κ2) is 6.78. The Balaban J connectivity index is 0. The molecular formula is C4H10CuO3P. The van der Waals surface area contributed by atoms with E-state index in [2.05, 4.69) is 4.52 Å². The number of hydrogen-bond donors (Lipinski definition) is 0. The predicted octanol–water partition coefficient (Wildman–Crippen LogP) is 0.406. The molecule has 0 saturated heterocycles. The molecule has 0 aromatic carbocycles. The van der Waals surface area contributed by atoms with Gasteiger partial charge in [-0.1, -0.05) is 13.8 Å². The van der Waals surface area contributed by atoms with Crippen molar-refractivity contribution in [2.24, 2.45) is 5.92 Å². The minimum absolute atomic E-state index is 0. The second-order valence-electron chi connectivity index (χ2n) is 1.95. The van der Waals surface area contributed by atoms with Crippen molar-refractivity contribution < 1.29 is 31.1 Å². The summed E-state index contributed by atoms with van der Waals surface area (Å²) in [5.74, 6) is 0.290. The Hall–Kier alpha value is 0.669. The van der Waals surface area contributed by atoms with Gasteiger partial charge in [0.2, 0.25) is 0 Å². The molecule has 0 fully saturated rings. The minimum Gasteiger partial charge on any atom is -0.781 e. The number of hydrogen-bond acceptors (Lipinski definition) is 3. The van der Waals surface area contributed by atoms with Crippen molar-refractivity contribution in [3.8, 4) is 0 Å². The summed E-state index contributed by atoms with van der Waals surface area (Å²) in [4.78, 5) is 9.76. The largest absolute Gasteiger partial charge is 1.00 e. The van der Waals surface area contributed by atoms with Gasteiger partial charge in [0.1, 0.15) is 8.25 Å². The van der Waals surface area contributed by atoms with Crippen LogP contribution in [0.15, 0.2) is 0 Å². The summed E-state index contributed by atoms with van der Waals surface area (Å²) in [6, 6.07) is 0. The van der Waals surface area contributed by atoms with E-state index in [0.717, 1.165) is 0 Å². The van der Waals surface area contributed by atoms with E-state index >= 15 is 0 Å². The summed E-state index contributed by atoms with van der Waals surface area (Å²) in [5, 5.41) is 0. The summed E-state index contributed by atoms with van der Waals surface area (Å²) in [7, 11) is -2.93. The maximum atomic E-state index is 9.76. The quantitative estimate of drug-likeness (QED) is 0.490. The van der Waals surface area contributed by atoms with Gasteiger partial charge in [0.25, 0.3) is 0 Å². The Kier molecular flexibility index (Phi) is 9.31. The SMILES string of the molecule is CC(C)CO[PH](=O)[O-].[Cu+]. The second-order valence-corrected chi connectivity index (χ2v) is 2.74. The molecule has 60 valence electrons. The van der Waals surface area contributed by atoms with Gasteiger partial charge >= 0.3 is 17.1 Å². The van der Waals surface area contributed by atoms with Gasteiger partial charge in [0.05, 0.1) is 6.61 Å². The van der Waals surface area contributed by atoms with E-state index in [1.165, 1.54) is 0 Å². The van der Waals surface area contributed by atoms with Gasteiger partial charge in [-0.3, -0.25) is 0 Å². The third kappa shape index (κ3) is 12.0. The van der Waals surface area contributed by atoms with Crippen molar-refractivity contribution in [2.75, 3.05) is 6.61 Å². The normalized spacial score (nSPS) is 12.9. The van der Waals surface area contributed by atoms with E-state index in [1.807, 2.05) is 13.8 Å².